The zero-order valence-corrected chi connectivity index (χ0v) is 21.8. The maximum absolute atomic E-state index is 12.8. The summed E-state index contributed by atoms with van der Waals surface area (Å²) in [6.45, 7) is 20.6. The van der Waals surface area contributed by atoms with Gasteiger partial charge in [0.1, 0.15) is 11.6 Å². The van der Waals surface area contributed by atoms with Crippen LogP contribution >= 0.6 is 0 Å². The highest BCUT2D eigenvalue weighted by molar-refractivity contribution is 5.86. The molecule has 3 saturated carbocycles. The molecule has 0 N–H and O–H groups in total. The Hall–Kier alpha value is -1.18. The first-order valence-corrected chi connectivity index (χ1v) is 13.2. The lowest BCUT2D eigenvalue weighted by Gasteiger charge is -2.58. The maximum atomic E-state index is 12.8. The molecule has 0 aromatic rings. The molecule has 4 aliphatic rings. The molecule has 6 atom stereocenters. The van der Waals surface area contributed by atoms with Gasteiger partial charge in [-0.05, 0) is 86.4 Å². The van der Waals surface area contributed by atoms with Crippen LogP contribution < -0.4 is 0 Å². The van der Waals surface area contributed by atoms with Crippen molar-refractivity contribution in [1.29, 1.82) is 0 Å². The molecule has 0 aromatic carbocycles. The Labute approximate surface area is 196 Å². The Morgan fingerprint density at radius 1 is 0.812 bits per heavy atom. The minimum Gasteiger partial charge on any atom is -0.299 e. The van der Waals surface area contributed by atoms with E-state index in [9.17, 15) is 9.59 Å². The van der Waals surface area contributed by atoms with E-state index < -0.39 is 0 Å². The van der Waals surface area contributed by atoms with Crippen LogP contribution in [0, 0.1) is 45.3 Å². The van der Waals surface area contributed by atoms with Gasteiger partial charge in [-0.3, -0.25) is 9.59 Å². The molecule has 178 valence electrons. The van der Waals surface area contributed by atoms with Crippen LogP contribution in [0.2, 0.25) is 0 Å². The summed E-state index contributed by atoms with van der Waals surface area (Å²) in [6, 6.07) is 0. The molecule has 0 amide bonds. The SMILES string of the molecule is C=C1CC[C@H]2C(C)(C)C(=O)CC[C@]2(C)[C@@H]1CC[C@@H]1C(C)=CC[C@H]2C(C)(C)C(=O)CC[C@]12C. The van der Waals surface area contributed by atoms with Crippen molar-refractivity contribution in [2.24, 2.45) is 45.3 Å². The van der Waals surface area contributed by atoms with Crippen molar-refractivity contribution in [3.05, 3.63) is 23.8 Å². The van der Waals surface area contributed by atoms with Crippen molar-refractivity contribution >= 4 is 11.6 Å². The van der Waals surface area contributed by atoms with Crippen molar-refractivity contribution in [2.75, 3.05) is 0 Å². The Balaban J connectivity index is 1.60. The summed E-state index contributed by atoms with van der Waals surface area (Å²) in [5, 5.41) is 0. The molecule has 0 unspecified atom stereocenters. The Morgan fingerprint density at radius 2 is 1.31 bits per heavy atom. The molecule has 0 spiro atoms. The maximum Gasteiger partial charge on any atom is 0.138 e. The van der Waals surface area contributed by atoms with E-state index in [1.807, 2.05) is 0 Å². The van der Waals surface area contributed by atoms with Crippen LogP contribution in [0.1, 0.15) is 106 Å². The minimum atomic E-state index is -0.221. The number of allylic oxidation sites excluding steroid dienone is 3. The fourth-order valence-electron chi connectivity index (χ4n) is 9.25. The largest absolute Gasteiger partial charge is 0.299 e. The predicted octanol–water partition coefficient (Wildman–Crippen LogP) is 7.72. The lowest BCUT2D eigenvalue weighted by atomic mass is 9.45. The average Bonchev–Trinajstić information content (AvgIpc) is 2.69. The van der Waals surface area contributed by atoms with E-state index in [-0.39, 0.29) is 21.7 Å². The zero-order chi connectivity index (χ0) is 23.7. The van der Waals surface area contributed by atoms with Crippen molar-refractivity contribution in [3.63, 3.8) is 0 Å². The number of carbonyl (C=O) groups is 2. The van der Waals surface area contributed by atoms with E-state index in [2.05, 4.69) is 61.1 Å². The van der Waals surface area contributed by atoms with Crippen LogP contribution in [-0.2, 0) is 9.59 Å². The molecule has 3 fully saturated rings. The molecule has 0 radical (unpaired) electrons. The van der Waals surface area contributed by atoms with Crippen molar-refractivity contribution in [2.45, 2.75) is 106 Å². The van der Waals surface area contributed by atoms with Gasteiger partial charge in [0.25, 0.3) is 0 Å². The molecular formula is C30H46O2. The van der Waals surface area contributed by atoms with Crippen LogP contribution in [0.4, 0.5) is 0 Å². The van der Waals surface area contributed by atoms with Crippen LogP contribution in [-0.4, -0.2) is 11.6 Å². The van der Waals surface area contributed by atoms with Gasteiger partial charge in [0.2, 0.25) is 0 Å². The standard InChI is InChI=1S/C30H46O2/c1-19-9-13-23-27(3,4)25(31)15-17-29(23,7)21(19)11-12-22-20(2)10-14-24-28(5,6)26(32)16-18-30(22,24)8/h10,21-24H,1,9,11-18H2,2-8H3/t21-,22-,23+,24+,29-,30-/m1/s1. The van der Waals surface area contributed by atoms with E-state index in [0.717, 1.165) is 44.9 Å². The van der Waals surface area contributed by atoms with Crippen LogP contribution in [0.3, 0.4) is 0 Å². The topological polar surface area (TPSA) is 34.1 Å². The number of fused-ring (bicyclic) bond motifs is 2. The molecule has 2 heteroatoms. The molecule has 32 heavy (non-hydrogen) atoms. The van der Waals surface area contributed by atoms with Crippen molar-refractivity contribution in [3.8, 4) is 0 Å². The van der Waals surface area contributed by atoms with Gasteiger partial charge >= 0.3 is 0 Å². The van der Waals surface area contributed by atoms with Gasteiger partial charge < -0.3 is 0 Å². The summed E-state index contributed by atoms with van der Waals surface area (Å²) >= 11 is 0. The third-order valence-electron chi connectivity index (χ3n) is 11.4. The fraction of sp³-hybridized carbons (Fsp3) is 0.800. The molecule has 4 aliphatic carbocycles. The number of Topliss-reactive ketones (excluding diaryl/α,β-unsaturated/α-hetero) is 2. The second kappa shape index (κ2) is 7.67. The first-order chi connectivity index (χ1) is 14.8. The first-order valence-electron chi connectivity index (χ1n) is 13.2. The van der Waals surface area contributed by atoms with Gasteiger partial charge in [0, 0.05) is 23.7 Å². The third kappa shape index (κ3) is 3.33. The molecule has 2 nitrogen and oxygen atoms in total. The Morgan fingerprint density at radius 3 is 1.91 bits per heavy atom. The smallest absolute Gasteiger partial charge is 0.138 e. The summed E-state index contributed by atoms with van der Waals surface area (Å²) in [5.74, 6) is 2.87. The highest BCUT2D eigenvalue weighted by Crippen LogP contribution is 2.63. The van der Waals surface area contributed by atoms with Gasteiger partial charge in [-0.15, -0.1) is 0 Å². The van der Waals surface area contributed by atoms with Crippen LogP contribution in [0.15, 0.2) is 23.8 Å². The van der Waals surface area contributed by atoms with Crippen molar-refractivity contribution < 1.29 is 9.59 Å². The quantitative estimate of drug-likeness (QED) is 0.423. The number of rotatable bonds is 3. The second-order valence-corrected chi connectivity index (χ2v) is 13.5. The van der Waals surface area contributed by atoms with E-state index in [1.165, 1.54) is 24.0 Å². The highest BCUT2D eigenvalue weighted by atomic mass is 16.1. The van der Waals surface area contributed by atoms with E-state index >= 15 is 0 Å². The number of ketones is 2. The van der Waals surface area contributed by atoms with E-state index in [4.69, 9.17) is 0 Å². The minimum absolute atomic E-state index is 0.182. The van der Waals surface area contributed by atoms with E-state index in [1.54, 1.807) is 0 Å². The van der Waals surface area contributed by atoms with Crippen molar-refractivity contribution in [1.82, 2.24) is 0 Å². The molecule has 0 aromatic heterocycles. The summed E-state index contributed by atoms with van der Waals surface area (Å²) in [7, 11) is 0. The predicted molar refractivity (Wildman–Crippen MR) is 132 cm³/mol. The molecule has 0 saturated heterocycles. The summed E-state index contributed by atoms with van der Waals surface area (Å²) in [6.07, 6.45) is 11.5. The van der Waals surface area contributed by atoms with Gasteiger partial charge in [-0.1, -0.05) is 65.3 Å². The highest BCUT2D eigenvalue weighted by Gasteiger charge is 2.58. The Kier molecular flexibility index (Phi) is 5.74. The molecule has 0 aliphatic heterocycles. The van der Waals surface area contributed by atoms with Crippen LogP contribution in [0.25, 0.3) is 0 Å². The molecule has 0 heterocycles. The Bertz CT molecular complexity index is 858. The van der Waals surface area contributed by atoms with Gasteiger partial charge in [-0.2, -0.15) is 0 Å². The normalized spacial score (nSPS) is 43.3. The molecule has 0 bridgehead atoms. The monoisotopic (exact) mass is 438 g/mol. The summed E-state index contributed by atoms with van der Waals surface area (Å²) < 4.78 is 0. The lowest BCUT2D eigenvalue weighted by molar-refractivity contribution is -0.146. The average molecular weight is 439 g/mol. The van der Waals surface area contributed by atoms with Gasteiger partial charge in [0.15, 0.2) is 0 Å². The number of carbonyl (C=O) groups excluding carboxylic acids is 2. The summed E-state index contributed by atoms with van der Waals surface area (Å²) in [4.78, 5) is 25.6. The van der Waals surface area contributed by atoms with Crippen LogP contribution in [0.5, 0.6) is 0 Å². The lowest BCUT2D eigenvalue weighted by Crippen LogP contribution is -2.54. The third-order valence-corrected chi connectivity index (χ3v) is 11.4. The number of hydrogen-bond donors (Lipinski definition) is 0. The zero-order valence-electron chi connectivity index (χ0n) is 21.8. The fourth-order valence-corrected chi connectivity index (χ4v) is 9.25. The second-order valence-electron chi connectivity index (χ2n) is 13.5. The van der Waals surface area contributed by atoms with Gasteiger partial charge in [0.05, 0.1) is 0 Å². The molecular weight excluding hydrogens is 392 g/mol. The number of hydrogen-bond acceptors (Lipinski definition) is 2. The first kappa shape index (κ1) is 24.0. The van der Waals surface area contributed by atoms with Gasteiger partial charge in [-0.25, -0.2) is 0 Å². The summed E-state index contributed by atoms with van der Waals surface area (Å²) in [5.41, 5.74) is 2.91. The molecule has 4 rings (SSSR count). The van der Waals surface area contributed by atoms with E-state index in [0.29, 0.717) is 35.2 Å².